The summed E-state index contributed by atoms with van der Waals surface area (Å²) in [5.74, 6) is 1.28. The molecule has 1 aromatic rings. The molecule has 0 heterocycles. The Bertz CT molecular complexity index is 409. The van der Waals surface area contributed by atoms with Gasteiger partial charge in [0.2, 0.25) is 0 Å². The van der Waals surface area contributed by atoms with Gasteiger partial charge in [-0.15, -0.1) is 0 Å². The first kappa shape index (κ1) is 17.8. The molecule has 0 saturated carbocycles. The Morgan fingerprint density at radius 2 is 1.90 bits per heavy atom. The molecule has 0 amide bonds. The molecule has 0 aromatic heterocycles. The quantitative estimate of drug-likeness (QED) is 0.609. The van der Waals surface area contributed by atoms with Crippen LogP contribution in [0, 0.1) is 5.41 Å². The molecule has 0 bridgehead atoms. The van der Waals surface area contributed by atoms with Crippen molar-refractivity contribution in [3.63, 3.8) is 0 Å². The normalized spacial score (nSPS) is 13.0. The highest BCUT2D eigenvalue weighted by Gasteiger charge is 2.17. The summed E-state index contributed by atoms with van der Waals surface area (Å²) in [6, 6.07) is 7.35. The zero-order chi connectivity index (χ0) is 15.7. The maximum atomic E-state index is 9.92. The zero-order valence-electron chi connectivity index (χ0n) is 13.1. The first-order valence-electron chi connectivity index (χ1n) is 7.24. The second-order valence-corrected chi connectivity index (χ2v) is 5.88. The fraction of sp³-hybridized carbons (Fsp3) is 0.625. The van der Waals surface area contributed by atoms with Crippen LogP contribution in [0.15, 0.2) is 24.3 Å². The fourth-order valence-electron chi connectivity index (χ4n) is 1.95. The summed E-state index contributed by atoms with van der Waals surface area (Å²) < 4.78 is 10.7. The van der Waals surface area contributed by atoms with Crippen molar-refractivity contribution in [3.05, 3.63) is 24.3 Å². The molecule has 0 fully saturated rings. The minimum atomic E-state index is -0.597. The summed E-state index contributed by atoms with van der Waals surface area (Å²) >= 11 is 0. The predicted molar refractivity (Wildman–Crippen MR) is 82.8 cm³/mol. The minimum absolute atomic E-state index is 0.0119. The maximum absolute atomic E-state index is 9.92. The van der Waals surface area contributed by atoms with Gasteiger partial charge in [-0.3, -0.25) is 0 Å². The first-order valence-corrected chi connectivity index (χ1v) is 7.24. The highest BCUT2D eigenvalue weighted by atomic mass is 16.5. The van der Waals surface area contributed by atoms with Gasteiger partial charge in [0, 0.05) is 19.7 Å². The van der Waals surface area contributed by atoms with Gasteiger partial charge in [-0.1, -0.05) is 26.0 Å². The van der Waals surface area contributed by atoms with Crippen molar-refractivity contribution in [3.8, 4) is 11.5 Å². The van der Waals surface area contributed by atoms with Crippen LogP contribution in [0.1, 0.15) is 20.3 Å². The van der Waals surface area contributed by atoms with Gasteiger partial charge >= 0.3 is 0 Å². The summed E-state index contributed by atoms with van der Waals surface area (Å²) in [6.07, 6.45) is 0.133. The van der Waals surface area contributed by atoms with E-state index < -0.39 is 6.10 Å². The predicted octanol–water partition coefficient (Wildman–Crippen LogP) is 1.43. The van der Waals surface area contributed by atoms with Crippen LogP contribution in [0.2, 0.25) is 0 Å². The number of hydrogen-bond donors (Lipinski definition) is 3. The van der Waals surface area contributed by atoms with E-state index in [9.17, 15) is 5.11 Å². The molecule has 1 atom stereocenters. The lowest BCUT2D eigenvalue weighted by molar-refractivity contribution is 0.100. The van der Waals surface area contributed by atoms with E-state index in [4.69, 9.17) is 14.6 Å². The van der Waals surface area contributed by atoms with Crippen LogP contribution in [0.4, 0.5) is 0 Å². The Morgan fingerprint density at radius 1 is 1.24 bits per heavy atom. The van der Waals surface area contributed by atoms with Crippen LogP contribution in [0.25, 0.3) is 0 Å². The zero-order valence-corrected chi connectivity index (χ0v) is 13.1. The van der Waals surface area contributed by atoms with Gasteiger partial charge in [0.1, 0.15) is 12.7 Å². The third-order valence-corrected chi connectivity index (χ3v) is 3.27. The number of rotatable bonds is 10. The van der Waals surface area contributed by atoms with Crippen LogP contribution in [-0.2, 0) is 0 Å². The van der Waals surface area contributed by atoms with Crippen molar-refractivity contribution in [2.45, 2.75) is 26.4 Å². The Labute approximate surface area is 126 Å². The standard InChI is InChI=1S/C16H27NO4/c1-16(2,8-9-18)12-17-10-13(19)11-21-15-7-5-4-6-14(15)20-3/h4-7,13,17-19H,8-12H2,1-3H3. The highest BCUT2D eigenvalue weighted by molar-refractivity contribution is 5.39. The smallest absolute Gasteiger partial charge is 0.161 e. The molecule has 1 unspecified atom stereocenters. The van der Waals surface area contributed by atoms with Crippen molar-refractivity contribution >= 4 is 0 Å². The van der Waals surface area contributed by atoms with Crippen molar-refractivity contribution in [1.29, 1.82) is 0 Å². The summed E-state index contributed by atoms with van der Waals surface area (Å²) in [7, 11) is 1.59. The van der Waals surface area contributed by atoms with Crippen LogP contribution < -0.4 is 14.8 Å². The summed E-state index contributed by atoms with van der Waals surface area (Å²) in [6.45, 7) is 5.72. The van der Waals surface area contributed by atoms with Gasteiger partial charge in [0.05, 0.1) is 7.11 Å². The van der Waals surface area contributed by atoms with E-state index in [2.05, 4.69) is 19.2 Å². The average Bonchev–Trinajstić information content (AvgIpc) is 2.45. The van der Waals surface area contributed by atoms with Crippen LogP contribution >= 0.6 is 0 Å². The molecular formula is C16H27NO4. The number of benzene rings is 1. The third kappa shape index (κ3) is 6.80. The molecule has 0 spiro atoms. The Hall–Kier alpha value is -1.30. The molecule has 21 heavy (non-hydrogen) atoms. The number of aliphatic hydroxyl groups is 2. The molecule has 5 heteroatoms. The molecule has 0 saturated heterocycles. The second-order valence-electron chi connectivity index (χ2n) is 5.88. The SMILES string of the molecule is COc1ccccc1OCC(O)CNCC(C)(C)CCO. The van der Waals surface area contributed by atoms with E-state index in [0.29, 0.717) is 18.0 Å². The summed E-state index contributed by atoms with van der Waals surface area (Å²) in [5, 5.41) is 22.1. The lowest BCUT2D eigenvalue weighted by Gasteiger charge is -2.24. The average molecular weight is 297 g/mol. The van der Waals surface area contributed by atoms with Crippen molar-refractivity contribution in [2.24, 2.45) is 5.41 Å². The van der Waals surface area contributed by atoms with Gasteiger partial charge < -0.3 is 25.0 Å². The second kappa shape index (κ2) is 8.87. The molecule has 0 aliphatic rings. The largest absolute Gasteiger partial charge is 0.493 e. The molecule has 3 N–H and O–H groups in total. The van der Waals surface area contributed by atoms with E-state index in [1.165, 1.54) is 0 Å². The number of hydrogen-bond acceptors (Lipinski definition) is 5. The molecule has 120 valence electrons. The Kier molecular flexibility index (Phi) is 7.50. The number of nitrogens with one attached hydrogen (secondary N) is 1. The lowest BCUT2D eigenvalue weighted by atomic mass is 9.90. The fourth-order valence-corrected chi connectivity index (χ4v) is 1.95. The van der Waals surface area contributed by atoms with Crippen LogP contribution in [0.3, 0.4) is 0 Å². The van der Waals surface area contributed by atoms with E-state index in [-0.39, 0.29) is 18.6 Å². The monoisotopic (exact) mass is 297 g/mol. The molecule has 5 nitrogen and oxygen atoms in total. The van der Waals surface area contributed by atoms with E-state index in [1.807, 2.05) is 24.3 Å². The van der Waals surface area contributed by atoms with Crippen LogP contribution in [-0.4, -0.2) is 49.7 Å². The van der Waals surface area contributed by atoms with Gasteiger partial charge in [0.25, 0.3) is 0 Å². The number of ether oxygens (including phenoxy) is 2. The summed E-state index contributed by atoms with van der Waals surface area (Å²) in [4.78, 5) is 0. The molecule has 0 aliphatic heterocycles. The molecule has 1 rings (SSSR count). The number of methoxy groups -OCH3 is 1. The Balaban J connectivity index is 2.29. The van der Waals surface area contributed by atoms with Crippen molar-refractivity contribution in [1.82, 2.24) is 5.32 Å². The van der Waals surface area contributed by atoms with E-state index in [0.717, 1.165) is 13.0 Å². The molecule has 0 radical (unpaired) electrons. The van der Waals surface area contributed by atoms with E-state index >= 15 is 0 Å². The van der Waals surface area contributed by atoms with Gasteiger partial charge in [-0.2, -0.15) is 0 Å². The maximum Gasteiger partial charge on any atom is 0.161 e. The van der Waals surface area contributed by atoms with Crippen LogP contribution in [0.5, 0.6) is 11.5 Å². The molecule has 1 aromatic carbocycles. The van der Waals surface area contributed by atoms with Gasteiger partial charge in [-0.25, -0.2) is 0 Å². The van der Waals surface area contributed by atoms with Gasteiger partial charge in [0.15, 0.2) is 11.5 Å². The highest BCUT2D eigenvalue weighted by Crippen LogP contribution is 2.25. The topological polar surface area (TPSA) is 71.0 Å². The lowest BCUT2D eigenvalue weighted by Crippen LogP contribution is -2.37. The molecular weight excluding hydrogens is 270 g/mol. The third-order valence-electron chi connectivity index (χ3n) is 3.27. The summed E-state index contributed by atoms with van der Waals surface area (Å²) in [5.41, 5.74) is 0.0119. The Morgan fingerprint density at radius 3 is 2.52 bits per heavy atom. The minimum Gasteiger partial charge on any atom is -0.493 e. The molecule has 0 aliphatic carbocycles. The number of aliphatic hydroxyl groups excluding tert-OH is 2. The van der Waals surface area contributed by atoms with E-state index in [1.54, 1.807) is 7.11 Å². The number of para-hydroxylation sites is 2. The van der Waals surface area contributed by atoms with Crippen molar-refractivity contribution < 1.29 is 19.7 Å². The first-order chi connectivity index (χ1) is 9.98. The van der Waals surface area contributed by atoms with Gasteiger partial charge in [-0.05, 0) is 24.0 Å². The van der Waals surface area contributed by atoms with Crippen molar-refractivity contribution in [2.75, 3.05) is 33.4 Å².